The van der Waals surface area contributed by atoms with E-state index in [1.807, 2.05) is 24.3 Å². The quantitative estimate of drug-likeness (QED) is 0.738. The van der Waals surface area contributed by atoms with Crippen LogP contribution in [-0.2, 0) is 6.54 Å². The summed E-state index contributed by atoms with van der Waals surface area (Å²) in [7, 11) is 0. The molecule has 0 aliphatic heterocycles. The summed E-state index contributed by atoms with van der Waals surface area (Å²) in [5, 5.41) is 8.78. The van der Waals surface area contributed by atoms with Crippen molar-refractivity contribution in [2.75, 3.05) is 0 Å². The first-order chi connectivity index (χ1) is 8.74. The smallest absolute Gasteiger partial charge is 0.182 e. The molecule has 0 amide bonds. The van der Waals surface area contributed by atoms with Crippen molar-refractivity contribution >= 4 is 22.8 Å². The van der Waals surface area contributed by atoms with Gasteiger partial charge in [0, 0.05) is 5.02 Å². The fraction of sp³-hybridized carbons (Fsp3) is 0.0833. The maximum atomic E-state index is 8.07. The van der Waals surface area contributed by atoms with E-state index in [1.54, 1.807) is 17.2 Å². The molecule has 0 atom stereocenters. The lowest BCUT2D eigenvalue weighted by Gasteiger charge is -2.06. The van der Waals surface area contributed by atoms with Gasteiger partial charge in [0.1, 0.15) is 5.52 Å². The maximum absolute atomic E-state index is 8.07. The molecule has 0 radical (unpaired) electrons. The van der Waals surface area contributed by atoms with Crippen LogP contribution in [0.3, 0.4) is 0 Å². The topological polar surface area (TPSA) is 70.3 Å². The Kier molecular flexibility index (Phi) is 2.60. The molecule has 1 aromatic carbocycles. The van der Waals surface area contributed by atoms with Crippen molar-refractivity contribution in [2.24, 2.45) is 0 Å². The highest BCUT2D eigenvalue weighted by Gasteiger charge is 2.03. The Balaban J connectivity index is 2.02. The standard InChI is InChI=1S/C12H10ClN5/c13-9-3-1-8(2-4-9)5-18-7-17-12-10(11(18)14)15-6-16-12/h1-4,6-7,14H,5H2,(H,15,16). The van der Waals surface area contributed by atoms with E-state index in [0.717, 1.165) is 5.56 Å². The van der Waals surface area contributed by atoms with Gasteiger partial charge in [-0.2, -0.15) is 0 Å². The van der Waals surface area contributed by atoms with Gasteiger partial charge in [0.2, 0.25) is 0 Å². The number of aromatic nitrogens is 4. The zero-order valence-corrected chi connectivity index (χ0v) is 10.1. The van der Waals surface area contributed by atoms with Gasteiger partial charge in [-0.05, 0) is 17.7 Å². The molecular formula is C12H10ClN5. The van der Waals surface area contributed by atoms with E-state index in [1.165, 1.54) is 0 Å². The summed E-state index contributed by atoms with van der Waals surface area (Å²) in [5.74, 6) is 0. The number of H-pyrrole nitrogens is 1. The molecular weight excluding hydrogens is 250 g/mol. The molecule has 18 heavy (non-hydrogen) atoms. The predicted molar refractivity (Wildman–Crippen MR) is 68.3 cm³/mol. The number of imidazole rings is 1. The predicted octanol–water partition coefficient (Wildman–Crippen LogP) is 1.94. The van der Waals surface area contributed by atoms with Crippen LogP contribution in [0, 0.1) is 5.41 Å². The first-order valence-corrected chi connectivity index (χ1v) is 5.79. The van der Waals surface area contributed by atoms with Gasteiger partial charge in [0.25, 0.3) is 0 Å². The van der Waals surface area contributed by atoms with Crippen LogP contribution in [0.2, 0.25) is 5.02 Å². The van der Waals surface area contributed by atoms with E-state index in [0.29, 0.717) is 28.2 Å². The molecule has 0 bridgehead atoms. The molecule has 5 nitrogen and oxygen atoms in total. The lowest BCUT2D eigenvalue weighted by Crippen LogP contribution is -2.21. The average molecular weight is 260 g/mol. The number of rotatable bonds is 2. The highest BCUT2D eigenvalue weighted by molar-refractivity contribution is 6.30. The minimum atomic E-state index is 0.368. The van der Waals surface area contributed by atoms with Crippen molar-refractivity contribution in [1.29, 1.82) is 5.41 Å². The van der Waals surface area contributed by atoms with Crippen LogP contribution in [0.15, 0.2) is 36.9 Å². The Morgan fingerprint density at radius 2 is 2.00 bits per heavy atom. The van der Waals surface area contributed by atoms with Crippen LogP contribution in [0.25, 0.3) is 11.2 Å². The van der Waals surface area contributed by atoms with Crippen molar-refractivity contribution < 1.29 is 0 Å². The van der Waals surface area contributed by atoms with Gasteiger partial charge in [0.05, 0.1) is 19.2 Å². The largest absolute Gasteiger partial charge is 0.340 e. The zero-order valence-electron chi connectivity index (χ0n) is 9.39. The highest BCUT2D eigenvalue weighted by Crippen LogP contribution is 2.10. The minimum Gasteiger partial charge on any atom is -0.340 e. The summed E-state index contributed by atoms with van der Waals surface area (Å²) in [6.45, 7) is 0.581. The summed E-state index contributed by atoms with van der Waals surface area (Å²) in [4.78, 5) is 11.1. The molecule has 3 aromatic rings. The molecule has 0 saturated carbocycles. The average Bonchev–Trinajstić information content (AvgIpc) is 2.84. The van der Waals surface area contributed by atoms with E-state index in [9.17, 15) is 0 Å². The lowest BCUT2D eigenvalue weighted by molar-refractivity contribution is 0.721. The van der Waals surface area contributed by atoms with Crippen LogP contribution in [0.1, 0.15) is 5.56 Å². The van der Waals surface area contributed by atoms with Crippen molar-refractivity contribution in [2.45, 2.75) is 6.54 Å². The molecule has 0 aliphatic rings. The second-order valence-corrected chi connectivity index (χ2v) is 4.39. The third-order valence-electron chi connectivity index (χ3n) is 2.73. The normalized spacial score (nSPS) is 10.9. The van der Waals surface area contributed by atoms with Crippen LogP contribution in [0.4, 0.5) is 0 Å². The van der Waals surface area contributed by atoms with Gasteiger partial charge in [-0.3, -0.25) is 5.41 Å². The monoisotopic (exact) mass is 259 g/mol. The molecule has 2 N–H and O–H groups in total. The molecule has 0 spiro atoms. The van der Waals surface area contributed by atoms with Gasteiger partial charge in [-0.25, -0.2) is 9.97 Å². The molecule has 0 fully saturated rings. The summed E-state index contributed by atoms with van der Waals surface area (Å²) >= 11 is 5.84. The van der Waals surface area contributed by atoms with Gasteiger partial charge in [-0.15, -0.1) is 0 Å². The zero-order chi connectivity index (χ0) is 12.5. The number of hydrogen-bond acceptors (Lipinski definition) is 3. The maximum Gasteiger partial charge on any atom is 0.182 e. The van der Waals surface area contributed by atoms with E-state index in [2.05, 4.69) is 15.0 Å². The molecule has 6 heteroatoms. The fourth-order valence-corrected chi connectivity index (χ4v) is 1.92. The second kappa shape index (κ2) is 4.27. The van der Waals surface area contributed by atoms with Crippen molar-refractivity contribution in [3.63, 3.8) is 0 Å². The molecule has 0 saturated heterocycles. The summed E-state index contributed by atoms with van der Waals surface area (Å²) in [6.07, 6.45) is 3.17. The third kappa shape index (κ3) is 1.89. The highest BCUT2D eigenvalue weighted by atomic mass is 35.5. The van der Waals surface area contributed by atoms with E-state index in [-0.39, 0.29) is 0 Å². The Morgan fingerprint density at radius 3 is 2.78 bits per heavy atom. The van der Waals surface area contributed by atoms with Gasteiger partial charge in [0.15, 0.2) is 11.1 Å². The number of aromatic amines is 1. The Hall–Kier alpha value is -2.14. The van der Waals surface area contributed by atoms with Gasteiger partial charge in [-0.1, -0.05) is 23.7 Å². The fourth-order valence-electron chi connectivity index (χ4n) is 1.79. The van der Waals surface area contributed by atoms with Crippen molar-refractivity contribution in [1.82, 2.24) is 19.5 Å². The summed E-state index contributed by atoms with van der Waals surface area (Å²) < 4.78 is 1.75. The van der Waals surface area contributed by atoms with Crippen LogP contribution >= 0.6 is 11.6 Å². The first-order valence-electron chi connectivity index (χ1n) is 5.41. The Labute approximate surface area is 108 Å². The van der Waals surface area contributed by atoms with E-state index < -0.39 is 0 Å². The lowest BCUT2D eigenvalue weighted by atomic mass is 10.2. The summed E-state index contributed by atoms with van der Waals surface area (Å²) in [5.41, 5.74) is 2.64. The third-order valence-corrected chi connectivity index (χ3v) is 2.98. The molecule has 90 valence electrons. The van der Waals surface area contributed by atoms with E-state index >= 15 is 0 Å². The SMILES string of the molecule is N=c1c2[nH]cnc2ncn1Cc1ccc(Cl)cc1. The Bertz CT molecular complexity index is 741. The number of nitrogens with one attached hydrogen (secondary N) is 2. The molecule has 2 aromatic heterocycles. The number of fused-ring (bicyclic) bond motifs is 1. The van der Waals surface area contributed by atoms with Gasteiger partial charge < -0.3 is 9.55 Å². The molecule has 0 aliphatic carbocycles. The Morgan fingerprint density at radius 1 is 1.22 bits per heavy atom. The van der Waals surface area contributed by atoms with E-state index in [4.69, 9.17) is 17.0 Å². The van der Waals surface area contributed by atoms with Crippen LogP contribution < -0.4 is 5.49 Å². The number of nitrogens with zero attached hydrogens (tertiary/aromatic N) is 3. The second-order valence-electron chi connectivity index (χ2n) is 3.95. The minimum absolute atomic E-state index is 0.368. The van der Waals surface area contributed by atoms with Crippen LogP contribution in [-0.4, -0.2) is 19.5 Å². The summed E-state index contributed by atoms with van der Waals surface area (Å²) in [6, 6.07) is 7.55. The van der Waals surface area contributed by atoms with Crippen molar-refractivity contribution in [3.05, 3.63) is 53.0 Å². The first kappa shape index (κ1) is 11.0. The van der Waals surface area contributed by atoms with Gasteiger partial charge >= 0.3 is 0 Å². The number of halogens is 1. The molecule has 3 rings (SSSR count). The van der Waals surface area contributed by atoms with Crippen LogP contribution in [0.5, 0.6) is 0 Å². The number of benzene rings is 1. The molecule has 2 heterocycles. The molecule has 0 unspecified atom stereocenters. The number of hydrogen-bond donors (Lipinski definition) is 2. The van der Waals surface area contributed by atoms with Crippen molar-refractivity contribution in [3.8, 4) is 0 Å².